The second-order valence-electron chi connectivity index (χ2n) is 12.2. The number of nitrogens with zero attached hydrogens (tertiary/aromatic N) is 4. The Morgan fingerprint density at radius 1 is 0.974 bits per heavy atom. The lowest BCUT2D eigenvalue weighted by molar-refractivity contribution is 0.0240. The molecule has 0 spiro atoms. The van der Waals surface area contributed by atoms with E-state index < -0.39 is 5.60 Å². The average molecular weight is 525 g/mol. The summed E-state index contributed by atoms with van der Waals surface area (Å²) in [7, 11) is 0. The number of piperazine rings is 1. The van der Waals surface area contributed by atoms with Crippen LogP contribution in [0.1, 0.15) is 46.6 Å². The lowest BCUT2D eigenvalue weighted by Crippen LogP contribution is -2.50. The van der Waals surface area contributed by atoms with E-state index in [4.69, 9.17) is 19.4 Å². The molecule has 202 valence electrons. The van der Waals surface area contributed by atoms with Gasteiger partial charge in [-0.05, 0) is 75.4 Å². The third-order valence-electron chi connectivity index (χ3n) is 7.63. The largest absolute Gasteiger partial charge is 0.487 e. The monoisotopic (exact) mass is 524 g/mol. The number of hydrogen-bond acceptors (Lipinski definition) is 6. The van der Waals surface area contributed by atoms with Gasteiger partial charge in [0.1, 0.15) is 29.1 Å². The molecule has 39 heavy (non-hydrogen) atoms. The smallest absolute Gasteiger partial charge is 0.410 e. The first-order valence-electron chi connectivity index (χ1n) is 13.8. The number of anilines is 1. The van der Waals surface area contributed by atoms with Gasteiger partial charge in [-0.3, -0.25) is 0 Å². The molecule has 3 heterocycles. The predicted molar refractivity (Wildman–Crippen MR) is 156 cm³/mol. The third kappa shape index (κ3) is 4.86. The summed E-state index contributed by atoms with van der Waals surface area (Å²) >= 11 is 0. The number of carbonyl (C=O) groups excluding carboxylic acids is 1. The van der Waals surface area contributed by atoms with E-state index in [0.717, 1.165) is 35.3 Å². The first kappa shape index (κ1) is 25.4. The van der Waals surface area contributed by atoms with E-state index in [1.165, 1.54) is 27.5 Å². The number of ether oxygens (including phenoxy) is 2. The summed E-state index contributed by atoms with van der Waals surface area (Å²) < 4.78 is 12.4. The maximum Gasteiger partial charge on any atom is 0.410 e. The Morgan fingerprint density at radius 3 is 2.49 bits per heavy atom. The fourth-order valence-corrected chi connectivity index (χ4v) is 5.70. The van der Waals surface area contributed by atoms with Gasteiger partial charge in [0.15, 0.2) is 0 Å². The van der Waals surface area contributed by atoms with E-state index in [0.29, 0.717) is 26.2 Å². The van der Waals surface area contributed by atoms with Gasteiger partial charge in [-0.25, -0.2) is 14.8 Å². The van der Waals surface area contributed by atoms with Crippen LogP contribution in [0.5, 0.6) is 5.75 Å². The van der Waals surface area contributed by atoms with E-state index >= 15 is 0 Å². The molecular weight excluding hydrogens is 488 g/mol. The summed E-state index contributed by atoms with van der Waals surface area (Å²) in [6.45, 7) is 12.4. The van der Waals surface area contributed by atoms with Crippen molar-refractivity contribution in [2.24, 2.45) is 0 Å². The third-order valence-corrected chi connectivity index (χ3v) is 7.63. The van der Waals surface area contributed by atoms with Crippen LogP contribution in [0.15, 0.2) is 54.9 Å². The molecule has 0 bridgehead atoms. The Morgan fingerprint density at radius 2 is 1.72 bits per heavy atom. The number of aromatic nitrogens is 2. The zero-order chi connectivity index (χ0) is 27.4. The van der Waals surface area contributed by atoms with Crippen molar-refractivity contribution >= 4 is 33.6 Å². The predicted octanol–water partition coefficient (Wildman–Crippen LogP) is 6.61. The number of amides is 1. The van der Waals surface area contributed by atoms with Crippen molar-refractivity contribution in [2.45, 2.75) is 58.7 Å². The molecule has 4 aromatic rings. The molecule has 0 N–H and O–H groups in total. The van der Waals surface area contributed by atoms with Gasteiger partial charge in [0.05, 0.1) is 10.9 Å². The van der Waals surface area contributed by atoms with Crippen LogP contribution < -0.4 is 9.64 Å². The summed E-state index contributed by atoms with van der Waals surface area (Å²) in [5.74, 6) is 1.75. The average Bonchev–Trinajstić information content (AvgIpc) is 2.90. The van der Waals surface area contributed by atoms with Crippen molar-refractivity contribution in [3.63, 3.8) is 0 Å². The van der Waals surface area contributed by atoms with Gasteiger partial charge in [-0.15, -0.1) is 0 Å². The van der Waals surface area contributed by atoms with E-state index in [2.05, 4.69) is 67.3 Å². The Bertz CT molecular complexity index is 1560. The van der Waals surface area contributed by atoms with Gasteiger partial charge in [0, 0.05) is 31.7 Å². The zero-order valence-corrected chi connectivity index (χ0v) is 23.5. The molecule has 1 aromatic heterocycles. The molecule has 1 amide bonds. The van der Waals surface area contributed by atoms with Gasteiger partial charge in [-0.1, -0.05) is 42.5 Å². The summed E-state index contributed by atoms with van der Waals surface area (Å²) in [6.07, 6.45) is 3.22. The van der Waals surface area contributed by atoms with E-state index in [1.807, 2.05) is 20.8 Å². The van der Waals surface area contributed by atoms with E-state index in [9.17, 15) is 4.79 Å². The van der Waals surface area contributed by atoms with Gasteiger partial charge >= 0.3 is 6.09 Å². The van der Waals surface area contributed by atoms with Crippen molar-refractivity contribution in [3.05, 3.63) is 60.4 Å². The van der Waals surface area contributed by atoms with Crippen molar-refractivity contribution < 1.29 is 14.3 Å². The van der Waals surface area contributed by atoms with E-state index in [-0.39, 0.29) is 11.7 Å². The summed E-state index contributed by atoms with van der Waals surface area (Å²) in [6, 6.07) is 17.2. The lowest BCUT2D eigenvalue weighted by Gasteiger charge is -2.38. The maximum atomic E-state index is 12.6. The highest BCUT2D eigenvalue weighted by Crippen LogP contribution is 2.47. The zero-order valence-electron chi connectivity index (χ0n) is 23.5. The van der Waals surface area contributed by atoms with Crippen molar-refractivity contribution in [1.82, 2.24) is 14.9 Å². The SMILES string of the molecule is CC(C)(C)OC(=O)N1CCN(c2ncnc3cc(-c4cccc5ccccc45)c4c(c23)OC(C)(C)CC4)CC1. The number of carbonyl (C=O) groups is 1. The minimum absolute atomic E-state index is 0.267. The number of rotatable bonds is 2. The summed E-state index contributed by atoms with van der Waals surface area (Å²) in [5.41, 5.74) is 3.64. The maximum absolute atomic E-state index is 12.6. The van der Waals surface area contributed by atoms with Crippen LogP contribution in [0.3, 0.4) is 0 Å². The highest BCUT2D eigenvalue weighted by atomic mass is 16.6. The Labute approximate surface area is 229 Å². The molecule has 0 aliphatic carbocycles. The number of hydrogen-bond donors (Lipinski definition) is 0. The van der Waals surface area contributed by atoms with Crippen LogP contribution >= 0.6 is 0 Å². The molecule has 7 nitrogen and oxygen atoms in total. The highest BCUT2D eigenvalue weighted by molar-refractivity contribution is 6.04. The molecule has 1 fully saturated rings. The second kappa shape index (κ2) is 9.40. The minimum atomic E-state index is -0.512. The molecule has 7 heteroatoms. The molecule has 0 unspecified atom stereocenters. The van der Waals surface area contributed by atoms with Gasteiger partial charge < -0.3 is 19.3 Å². The first-order valence-corrected chi connectivity index (χ1v) is 13.8. The molecule has 3 aromatic carbocycles. The highest BCUT2D eigenvalue weighted by Gasteiger charge is 2.33. The van der Waals surface area contributed by atoms with Crippen LogP contribution in [-0.4, -0.2) is 58.3 Å². The molecule has 0 atom stereocenters. The molecule has 2 aliphatic heterocycles. The fourth-order valence-electron chi connectivity index (χ4n) is 5.70. The molecule has 0 saturated carbocycles. The first-order chi connectivity index (χ1) is 18.6. The molecule has 0 radical (unpaired) electrons. The lowest BCUT2D eigenvalue weighted by atomic mass is 9.86. The Balaban J connectivity index is 1.44. The summed E-state index contributed by atoms with van der Waals surface area (Å²) in [4.78, 5) is 26.2. The molecule has 1 saturated heterocycles. The molecular formula is C32H36N4O3. The van der Waals surface area contributed by atoms with Gasteiger partial charge in [0.2, 0.25) is 0 Å². The standard InChI is InChI=1S/C32H36N4O3/c1-31(2,3)39-30(37)36-17-15-35(16-18-36)29-27-26(33-20-34-29)19-25(24-13-14-32(4,5)38-28(24)27)23-12-8-10-21-9-6-7-11-22(21)23/h6-12,19-20H,13-18H2,1-5H3. The fraction of sp³-hybridized carbons (Fsp3) is 0.406. The topological polar surface area (TPSA) is 67.8 Å². The quantitative estimate of drug-likeness (QED) is 0.294. The van der Waals surface area contributed by atoms with Crippen LogP contribution in [0, 0.1) is 0 Å². The normalized spacial score (nSPS) is 17.2. The Hall–Kier alpha value is -3.87. The second-order valence-corrected chi connectivity index (χ2v) is 12.2. The van der Waals surface area contributed by atoms with E-state index in [1.54, 1.807) is 11.2 Å². The van der Waals surface area contributed by atoms with Crippen molar-refractivity contribution in [1.29, 1.82) is 0 Å². The van der Waals surface area contributed by atoms with Gasteiger partial charge in [-0.2, -0.15) is 0 Å². The van der Waals surface area contributed by atoms with Gasteiger partial charge in [0.25, 0.3) is 0 Å². The molecule has 2 aliphatic rings. The van der Waals surface area contributed by atoms with Crippen LogP contribution in [0.4, 0.5) is 10.6 Å². The number of benzene rings is 3. The minimum Gasteiger partial charge on any atom is -0.487 e. The number of fused-ring (bicyclic) bond motifs is 4. The van der Waals surface area contributed by atoms with Crippen molar-refractivity contribution in [3.8, 4) is 16.9 Å². The van der Waals surface area contributed by atoms with Crippen LogP contribution in [0.2, 0.25) is 0 Å². The van der Waals surface area contributed by atoms with Crippen molar-refractivity contribution in [2.75, 3.05) is 31.1 Å². The Kier molecular flexibility index (Phi) is 6.12. The summed E-state index contributed by atoms with van der Waals surface area (Å²) in [5, 5.41) is 3.39. The van der Waals surface area contributed by atoms with Crippen LogP contribution in [-0.2, 0) is 11.2 Å². The van der Waals surface area contributed by atoms with Crippen LogP contribution in [0.25, 0.3) is 32.8 Å². The molecule has 6 rings (SSSR count).